The predicted molar refractivity (Wildman–Crippen MR) is 72.7 cm³/mol. The molecule has 1 heterocycles. The van der Waals surface area contributed by atoms with Crippen LogP contribution < -0.4 is 5.32 Å². The van der Waals surface area contributed by atoms with Crippen LogP contribution in [0.5, 0.6) is 0 Å². The van der Waals surface area contributed by atoms with Crippen molar-refractivity contribution < 1.29 is 24.2 Å². The summed E-state index contributed by atoms with van der Waals surface area (Å²) in [6, 6.07) is 1.34. The van der Waals surface area contributed by atoms with Crippen LogP contribution in [0.2, 0.25) is 0 Å². The Morgan fingerprint density at radius 3 is 2.71 bits per heavy atom. The SMILES string of the molecule is COC(=O)CCCCCNC(=O)Cn1ccc(C(=O)O)n1. The highest BCUT2D eigenvalue weighted by Gasteiger charge is 2.08. The second-order valence-corrected chi connectivity index (χ2v) is 4.44. The fourth-order valence-corrected chi connectivity index (χ4v) is 1.67. The van der Waals surface area contributed by atoms with E-state index in [1.54, 1.807) is 0 Å². The number of ether oxygens (including phenoxy) is 1. The quantitative estimate of drug-likeness (QED) is 0.505. The van der Waals surface area contributed by atoms with E-state index in [2.05, 4.69) is 15.2 Å². The van der Waals surface area contributed by atoms with E-state index >= 15 is 0 Å². The van der Waals surface area contributed by atoms with Gasteiger partial charge in [-0.3, -0.25) is 14.3 Å². The molecule has 116 valence electrons. The van der Waals surface area contributed by atoms with Crippen LogP contribution in [-0.4, -0.2) is 46.4 Å². The zero-order valence-corrected chi connectivity index (χ0v) is 11.9. The van der Waals surface area contributed by atoms with Gasteiger partial charge in [0.25, 0.3) is 0 Å². The van der Waals surface area contributed by atoms with Gasteiger partial charge in [0.1, 0.15) is 6.54 Å². The number of amides is 1. The van der Waals surface area contributed by atoms with Gasteiger partial charge < -0.3 is 15.2 Å². The number of hydrogen-bond acceptors (Lipinski definition) is 5. The molecule has 0 unspecified atom stereocenters. The summed E-state index contributed by atoms with van der Waals surface area (Å²) in [6.07, 6.45) is 4.14. The highest BCUT2D eigenvalue weighted by molar-refractivity contribution is 5.85. The third-order valence-electron chi connectivity index (χ3n) is 2.77. The number of methoxy groups -OCH3 is 1. The van der Waals surface area contributed by atoms with Crippen molar-refractivity contribution in [3.63, 3.8) is 0 Å². The molecule has 8 nitrogen and oxygen atoms in total. The van der Waals surface area contributed by atoms with Gasteiger partial charge in [0.15, 0.2) is 5.69 Å². The lowest BCUT2D eigenvalue weighted by Gasteiger charge is -2.05. The number of nitrogens with one attached hydrogen (secondary N) is 1. The van der Waals surface area contributed by atoms with E-state index in [1.165, 1.54) is 24.1 Å². The first-order valence-corrected chi connectivity index (χ1v) is 6.63. The average Bonchev–Trinajstić information content (AvgIpc) is 2.90. The zero-order chi connectivity index (χ0) is 15.7. The van der Waals surface area contributed by atoms with Crippen LogP contribution in [0.25, 0.3) is 0 Å². The number of esters is 1. The molecule has 0 saturated heterocycles. The molecule has 0 bridgehead atoms. The van der Waals surface area contributed by atoms with Crippen molar-refractivity contribution in [1.82, 2.24) is 15.1 Å². The van der Waals surface area contributed by atoms with Gasteiger partial charge in [-0.2, -0.15) is 5.10 Å². The average molecular weight is 297 g/mol. The maximum atomic E-state index is 11.6. The van der Waals surface area contributed by atoms with Crippen molar-refractivity contribution in [1.29, 1.82) is 0 Å². The number of carboxylic acids is 1. The number of carboxylic acid groups (broad SMARTS) is 1. The monoisotopic (exact) mass is 297 g/mol. The molecule has 21 heavy (non-hydrogen) atoms. The van der Waals surface area contributed by atoms with E-state index in [1.807, 2.05) is 0 Å². The van der Waals surface area contributed by atoms with E-state index in [0.29, 0.717) is 13.0 Å². The minimum Gasteiger partial charge on any atom is -0.476 e. The number of aromatic carboxylic acids is 1. The lowest BCUT2D eigenvalue weighted by Crippen LogP contribution is -2.28. The topological polar surface area (TPSA) is 111 Å². The molecule has 8 heteroatoms. The van der Waals surface area contributed by atoms with Crippen molar-refractivity contribution in [3.8, 4) is 0 Å². The standard InChI is InChI=1S/C13H19N3O5/c1-21-12(18)5-3-2-4-7-14-11(17)9-16-8-6-10(15-16)13(19)20/h6,8H,2-5,7,9H2,1H3,(H,14,17)(H,19,20). The number of unbranched alkanes of at least 4 members (excludes halogenated alkanes) is 2. The number of nitrogens with zero attached hydrogens (tertiary/aromatic N) is 2. The molecule has 0 radical (unpaired) electrons. The molecule has 1 aromatic rings. The fourth-order valence-electron chi connectivity index (χ4n) is 1.67. The largest absolute Gasteiger partial charge is 0.476 e. The van der Waals surface area contributed by atoms with Crippen LogP contribution in [-0.2, 0) is 20.9 Å². The van der Waals surface area contributed by atoms with Gasteiger partial charge in [-0.1, -0.05) is 6.42 Å². The molecule has 0 aliphatic carbocycles. The fraction of sp³-hybridized carbons (Fsp3) is 0.538. The summed E-state index contributed by atoms with van der Waals surface area (Å²) in [5.74, 6) is -1.59. The third-order valence-corrected chi connectivity index (χ3v) is 2.77. The molecule has 0 aliphatic rings. The second kappa shape index (κ2) is 8.72. The maximum absolute atomic E-state index is 11.6. The molecule has 2 N–H and O–H groups in total. The molecular weight excluding hydrogens is 278 g/mol. The summed E-state index contributed by atoms with van der Waals surface area (Å²) < 4.78 is 5.79. The number of carbonyl (C=O) groups excluding carboxylic acids is 2. The Kier molecular flexibility index (Phi) is 6.93. The first kappa shape index (κ1) is 16.7. The molecule has 0 atom stereocenters. The maximum Gasteiger partial charge on any atom is 0.356 e. The molecule has 0 aromatic carbocycles. The van der Waals surface area contributed by atoms with Crippen molar-refractivity contribution in [2.24, 2.45) is 0 Å². The number of hydrogen-bond donors (Lipinski definition) is 2. The van der Waals surface area contributed by atoms with Crippen LogP contribution in [0.4, 0.5) is 0 Å². The molecule has 0 aliphatic heterocycles. The van der Waals surface area contributed by atoms with Crippen LogP contribution in [0.15, 0.2) is 12.3 Å². The number of aromatic nitrogens is 2. The Hall–Kier alpha value is -2.38. The van der Waals surface area contributed by atoms with Gasteiger partial charge in [-0.25, -0.2) is 4.79 Å². The summed E-state index contributed by atoms with van der Waals surface area (Å²) in [7, 11) is 1.35. The first-order valence-electron chi connectivity index (χ1n) is 6.63. The Morgan fingerprint density at radius 1 is 1.33 bits per heavy atom. The van der Waals surface area contributed by atoms with E-state index in [-0.39, 0.29) is 24.1 Å². The van der Waals surface area contributed by atoms with Crippen LogP contribution in [0, 0.1) is 0 Å². The molecule has 0 fully saturated rings. The highest BCUT2D eigenvalue weighted by Crippen LogP contribution is 2.00. The van der Waals surface area contributed by atoms with E-state index in [9.17, 15) is 14.4 Å². The molecule has 1 rings (SSSR count). The van der Waals surface area contributed by atoms with Gasteiger partial charge in [-0.05, 0) is 18.9 Å². The lowest BCUT2D eigenvalue weighted by atomic mass is 10.2. The van der Waals surface area contributed by atoms with Gasteiger partial charge in [0, 0.05) is 19.2 Å². The minimum atomic E-state index is -1.13. The highest BCUT2D eigenvalue weighted by atomic mass is 16.5. The van der Waals surface area contributed by atoms with Crippen LogP contribution >= 0.6 is 0 Å². The van der Waals surface area contributed by atoms with Crippen LogP contribution in [0.3, 0.4) is 0 Å². The molecule has 1 aromatic heterocycles. The van der Waals surface area contributed by atoms with Crippen molar-refractivity contribution >= 4 is 17.8 Å². The summed E-state index contributed by atoms with van der Waals surface area (Å²) in [5, 5.41) is 15.2. The predicted octanol–water partition coefficient (Wildman–Crippen LogP) is 0.431. The summed E-state index contributed by atoms with van der Waals surface area (Å²) >= 11 is 0. The van der Waals surface area contributed by atoms with Crippen LogP contribution in [0.1, 0.15) is 36.2 Å². The normalized spacial score (nSPS) is 10.1. The first-order chi connectivity index (χ1) is 10.0. The Balaban J connectivity index is 2.13. The van der Waals surface area contributed by atoms with E-state index in [0.717, 1.165) is 19.3 Å². The molecule has 1 amide bonds. The zero-order valence-electron chi connectivity index (χ0n) is 11.9. The Labute approximate surface area is 122 Å². The van der Waals surface area contributed by atoms with Gasteiger partial charge >= 0.3 is 11.9 Å². The Bertz CT molecular complexity index is 498. The van der Waals surface area contributed by atoms with Crippen molar-refractivity contribution in [3.05, 3.63) is 18.0 Å². The number of carbonyl (C=O) groups is 3. The minimum absolute atomic E-state index is 0.0184. The van der Waals surface area contributed by atoms with Crippen molar-refractivity contribution in [2.45, 2.75) is 32.2 Å². The molecule has 0 saturated carbocycles. The summed E-state index contributed by atoms with van der Waals surface area (Å²) in [6.45, 7) is 0.489. The summed E-state index contributed by atoms with van der Waals surface area (Å²) in [4.78, 5) is 33.1. The smallest absolute Gasteiger partial charge is 0.356 e. The number of rotatable bonds is 9. The van der Waals surface area contributed by atoms with Gasteiger partial charge in [-0.15, -0.1) is 0 Å². The van der Waals surface area contributed by atoms with Gasteiger partial charge in [0.2, 0.25) is 5.91 Å². The van der Waals surface area contributed by atoms with E-state index < -0.39 is 5.97 Å². The van der Waals surface area contributed by atoms with E-state index in [4.69, 9.17) is 5.11 Å². The third kappa shape index (κ3) is 6.55. The Morgan fingerprint density at radius 2 is 2.10 bits per heavy atom. The molecule has 0 spiro atoms. The lowest BCUT2D eigenvalue weighted by molar-refractivity contribution is -0.140. The molecular formula is C13H19N3O5. The van der Waals surface area contributed by atoms with Gasteiger partial charge in [0.05, 0.1) is 7.11 Å². The van der Waals surface area contributed by atoms with Crippen molar-refractivity contribution in [2.75, 3.05) is 13.7 Å². The summed E-state index contributed by atoms with van der Waals surface area (Å²) in [5.41, 5.74) is -0.0920. The second-order valence-electron chi connectivity index (χ2n) is 4.44.